The molecule has 5 aromatic carbocycles. The highest BCUT2D eigenvalue weighted by Crippen LogP contribution is 2.33. The molecule has 0 aliphatic heterocycles. The van der Waals surface area contributed by atoms with E-state index in [1.807, 2.05) is 18.2 Å². The highest BCUT2D eigenvalue weighted by Gasteiger charge is 2.18. The molecule has 0 bridgehead atoms. The van der Waals surface area contributed by atoms with Gasteiger partial charge in [-0.1, -0.05) is 127 Å². The highest BCUT2D eigenvalue weighted by molar-refractivity contribution is 6.06. The molecule has 0 fully saturated rings. The minimum absolute atomic E-state index is 0.570. The van der Waals surface area contributed by atoms with Crippen molar-refractivity contribution in [1.29, 1.82) is 0 Å². The van der Waals surface area contributed by atoms with Gasteiger partial charge in [0.15, 0.2) is 11.6 Å². The number of rotatable bonds is 5. The Labute approximate surface area is 291 Å². The minimum Gasteiger partial charge on any atom is -0.308 e. The Morgan fingerprint density at radius 1 is 0.500 bits per heavy atom. The van der Waals surface area contributed by atoms with Crippen LogP contribution in [0.3, 0.4) is 0 Å². The van der Waals surface area contributed by atoms with E-state index in [-0.39, 0.29) is 0 Å². The monoisotopic (exact) mass is 645 g/mol. The van der Waals surface area contributed by atoms with Gasteiger partial charge in [-0.05, 0) is 73.2 Å². The van der Waals surface area contributed by atoms with Crippen LogP contribution >= 0.6 is 0 Å². The molecule has 50 heavy (non-hydrogen) atoms. The second kappa shape index (κ2) is 12.9. The van der Waals surface area contributed by atoms with Gasteiger partial charge in [0, 0.05) is 27.6 Å². The number of aromatic nitrogens is 5. The predicted octanol–water partition coefficient (Wildman–Crippen LogP) is 11.2. The van der Waals surface area contributed by atoms with Crippen LogP contribution in [0.25, 0.3) is 67.0 Å². The molecule has 2 aliphatic rings. The first-order chi connectivity index (χ1) is 24.8. The normalized spacial score (nSPS) is 14.2. The molecule has 0 atom stereocenters. The first-order valence-electron chi connectivity index (χ1n) is 17.3. The van der Waals surface area contributed by atoms with Crippen molar-refractivity contribution in [3.63, 3.8) is 0 Å². The van der Waals surface area contributed by atoms with E-state index >= 15 is 0 Å². The average Bonchev–Trinajstić information content (AvgIpc) is 3.20. The number of hydrogen-bond donors (Lipinski definition) is 0. The maximum Gasteiger partial charge on any atom is 0.238 e. The fraction of sp³-hybridized carbons (Fsp3) is 0.0889. The van der Waals surface area contributed by atoms with Gasteiger partial charge in [-0.15, -0.1) is 0 Å². The number of allylic oxidation sites excluding steroid dienone is 8. The van der Waals surface area contributed by atoms with E-state index in [4.69, 9.17) is 15.0 Å². The second-order valence-corrected chi connectivity index (χ2v) is 12.7. The van der Waals surface area contributed by atoms with Gasteiger partial charge in [0.05, 0.1) is 22.1 Å². The molecule has 0 saturated carbocycles. The fourth-order valence-corrected chi connectivity index (χ4v) is 7.17. The molecule has 0 spiro atoms. The van der Waals surface area contributed by atoms with Crippen molar-refractivity contribution in [1.82, 2.24) is 24.1 Å². The van der Waals surface area contributed by atoms with Crippen molar-refractivity contribution in [2.45, 2.75) is 25.7 Å². The summed E-state index contributed by atoms with van der Waals surface area (Å²) < 4.78 is 4.61. The zero-order valence-electron chi connectivity index (χ0n) is 27.7. The standard InChI is InChI=1S/C45H35N5/c1-4-17-32(18-5-1)35-23-16-24-36(31-35)49-39-27-12-10-25-37(39)38-26-11-13-28-40(38)50(42-30-15-14-29-41(42)49)45-47-43(33-19-6-2-7-20-33)46-44(48-45)34-21-8-3-9-22-34/h1-2,4,6-8,10-17,19-31H,3,5,9,18H2. The zero-order chi connectivity index (χ0) is 33.3. The Bertz CT molecular complexity index is 2600. The van der Waals surface area contributed by atoms with Crippen LogP contribution in [0.2, 0.25) is 0 Å². The quantitative estimate of drug-likeness (QED) is 0.187. The van der Waals surface area contributed by atoms with Gasteiger partial charge in [0.2, 0.25) is 5.95 Å². The molecule has 5 nitrogen and oxygen atoms in total. The topological polar surface area (TPSA) is 48.5 Å². The van der Waals surface area contributed by atoms with Crippen LogP contribution in [-0.2, 0) is 0 Å². The van der Waals surface area contributed by atoms with E-state index < -0.39 is 0 Å². The number of hydrogen-bond acceptors (Lipinski definition) is 3. The molecular weight excluding hydrogens is 611 g/mol. The van der Waals surface area contributed by atoms with E-state index in [0.717, 1.165) is 75.3 Å². The third-order valence-electron chi connectivity index (χ3n) is 9.54. The van der Waals surface area contributed by atoms with E-state index in [1.165, 1.54) is 11.1 Å². The Balaban J connectivity index is 1.43. The van der Waals surface area contributed by atoms with Crippen molar-refractivity contribution in [3.8, 4) is 23.0 Å². The Hall–Kier alpha value is -6.33. The van der Waals surface area contributed by atoms with Gasteiger partial charge in [-0.3, -0.25) is 4.57 Å². The Morgan fingerprint density at radius 2 is 1.16 bits per heavy atom. The molecule has 2 aromatic heterocycles. The van der Waals surface area contributed by atoms with Crippen molar-refractivity contribution in [2.24, 2.45) is 0 Å². The number of para-hydroxylation sites is 4. The van der Waals surface area contributed by atoms with E-state index in [0.29, 0.717) is 17.6 Å². The Kier molecular flexibility index (Phi) is 7.71. The first kappa shape index (κ1) is 29.8. The summed E-state index contributed by atoms with van der Waals surface area (Å²) in [5.41, 5.74) is 9.77. The maximum absolute atomic E-state index is 5.26. The van der Waals surface area contributed by atoms with E-state index in [1.54, 1.807) is 0 Å². The molecule has 0 radical (unpaired) electrons. The number of benzene rings is 5. The third-order valence-corrected chi connectivity index (χ3v) is 9.54. The van der Waals surface area contributed by atoms with Gasteiger partial charge >= 0.3 is 0 Å². The summed E-state index contributed by atoms with van der Waals surface area (Å²) in [6, 6.07) is 45.0. The summed E-state index contributed by atoms with van der Waals surface area (Å²) in [7, 11) is 0. The number of fused-ring (bicyclic) bond motifs is 4. The van der Waals surface area contributed by atoms with Crippen LogP contribution in [0, 0.1) is 0 Å². The Morgan fingerprint density at radius 3 is 1.88 bits per heavy atom. The predicted molar refractivity (Wildman–Crippen MR) is 207 cm³/mol. The summed E-state index contributed by atoms with van der Waals surface area (Å²) in [5, 5.41) is 2.22. The SMILES string of the molecule is C1=CCCC(c2cccc(-n3c4ccccc4c4ccccc4n(-c4nc(C5=CCCC=C5)nc(-c5ccccc5)n4)c4ccccc43)c2)=C1. The van der Waals surface area contributed by atoms with Crippen LogP contribution in [0.15, 0.2) is 164 Å². The number of nitrogens with zero attached hydrogens (tertiary/aromatic N) is 5. The maximum atomic E-state index is 5.26. The van der Waals surface area contributed by atoms with Crippen LogP contribution in [-0.4, -0.2) is 24.1 Å². The van der Waals surface area contributed by atoms with Crippen molar-refractivity contribution >= 4 is 44.0 Å². The van der Waals surface area contributed by atoms with Gasteiger partial charge in [-0.2, -0.15) is 9.97 Å². The minimum atomic E-state index is 0.570. The molecule has 9 rings (SSSR count). The first-order valence-corrected chi connectivity index (χ1v) is 17.3. The molecule has 0 amide bonds. The van der Waals surface area contributed by atoms with Crippen LogP contribution in [0.5, 0.6) is 0 Å². The summed E-state index contributed by atoms with van der Waals surface area (Å²) >= 11 is 0. The molecule has 0 unspecified atom stereocenters. The summed E-state index contributed by atoms with van der Waals surface area (Å²) in [6.07, 6.45) is 17.3. The molecule has 240 valence electrons. The highest BCUT2D eigenvalue weighted by atomic mass is 15.2. The van der Waals surface area contributed by atoms with Crippen molar-refractivity contribution < 1.29 is 0 Å². The molecule has 0 saturated heterocycles. The average molecular weight is 646 g/mol. The molecule has 2 heterocycles. The van der Waals surface area contributed by atoms with Crippen molar-refractivity contribution in [3.05, 3.63) is 175 Å². The lowest BCUT2D eigenvalue weighted by atomic mass is 9.97. The van der Waals surface area contributed by atoms with Gasteiger partial charge in [0.25, 0.3) is 0 Å². The van der Waals surface area contributed by atoms with Crippen LogP contribution < -0.4 is 0 Å². The molecule has 5 heteroatoms. The largest absolute Gasteiger partial charge is 0.308 e. The zero-order valence-corrected chi connectivity index (χ0v) is 27.7. The summed E-state index contributed by atoms with van der Waals surface area (Å²) in [4.78, 5) is 15.5. The lowest BCUT2D eigenvalue weighted by Gasteiger charge is -2.20. The lowest BCUT2D eigenvalue weighted by Crippen LogP contribution is -2.11. The molecule has 2 aliphatic carbocycles. The second-order valence-electron chi connectivity index (χ2n) is 12.7. The van der Waals surface area contributed by atoms with Gasteiger partial charge < -0.3 is 4.57 Å². The fourth-order valence-electron chi connectivity index (χ4n) is 7.17. The van der Waals surface area contributed by atoms with Crippen LogP contribution in [0.4, 0.5) is 0 Å². The van der Waals surface area contributed by atoms with Gasteiger partial charge in [0.1, 0.15) is 0 Å². The van der Waals surface area contributed by atoms with Crippen LogP contribution in [0.1, 0.15) is 37.1 Å². The summed E-state index contributed by atoms with van der Waals surface area (Å²) in [6.45, 7) is 0. The smallest absolute Gasteiger partial charge is 0.238 e. The summed E-state index contributed by atoms with van der Waals surface area (Å²) in [5.74, 6) is 1.88. The van der Waals surface area contributed by atoms with E-state index in [2.05, 4.69) is 155 Å². The molecule has 0 N–H and O–H groups in total. The lowest BCUT2D eigenvalue weighted by molar-refractivity contribution is 0.923. The van der Waals surface area contributed by atoms with Gasteiger partial charge in [-0.25, -0.2) is 4.98 Å². The van der Waals surface area contributed by atoms with E-state index in [9.17, 15) is 0 Å². The third kappa shape index (κ3) is 5.43. The molecule has 7 aromatic rings. The molecular formula is C45H35N5. The van der Waals surface area contributed by atoms with Crippen molar-refractivity contribution in [2.75, 3.05) is 0 Å².